The van der Waals surface area contributed by atoms with Gasteiger partial charge in [-0.05, 0) is 75.9 Å². The van der Waals surface area contributed by atoms with E-state index >= 15 is 0 Å². The maximum absolute atomic E-state index is 12.9. The lowest BCUT2D eigenvalue weighted by Crippen LogP contribution is -2.50. The van der Waals surface area contributed by atoms with Gasteiger partial charge in [-0.3, -0.25) is 4.90 Å². The zero-order valence-corrected chi connectivity index (χ0v) is 16.3. The van der Waals surface area contributed by atoms with Crippen LogP contribution in [0, 0.1) is 0 Å². The zero-order valence-electron chi connectivity index (χ0n) is 16.3. The Bertz CT molecular complexity index is 747. The van der Waals surface area contributed by atoms with Crippen LogP contribution in [0.5, 0.6) is 5.75 Å². The third kappa shape index (κ3) is 5.99. The molecule has 1 atom stereocenters. The third-order valence-corrected chi connectivity index (χ3v) is 5.30. The summed E-state index contributed by atoms with van der Waals surface area (Å²) in [6.45, 7) is 4.76. The molecule has 2 nitrogen and oxygen atoms in total. The maximum Gasteiger partial charge on any atom is 0.416 e. The second kappa shape index (κ2) is 8.99. The minimum Gasteiger partial charge on any atom is -0.486 e. The highest BCUT2D eigenvalue weighted by Crippen LogP contribution is 2.33. The SMILES string of the molecule is CC1(Oc2cccc(C(F)(F)F)c2)CCCN(CCCCc2ccccc2)C1. The van der Waals surface area contributed by atoms with Crippen molar-refractivity contribution >= 4 is 0 Å². The Balaban J connectivity index is 1.50. The van der Waals surface area contributed by atoms with Crippen molar-refractivity contribution in [1.29, 1.82) is 0 Å². The molecule has 2 aromatic rings. The van der Waals surface area contributed by atoms with Crippen LogP contribution in [-0.4, -0.2) is 30.1 Å². The molecule has 0 saturated carbocycles. The van der Waals surface area contributed by atoms with Gasteiger partial charge in [-0.1, -0.05) is 36.4 Å². The molecule has 0 aromatic heterocycles. The van der Waals surface area contributed by atoms with E-state index in [1.807, 2.05) is 13.0 Å². The molecule has 1 saturated heterocycles. The van der Waals surface area contributed by atoms with Crippen molar-refractivity contribution in [1.82, 2.24) is 4.90 Å². The van der Waals surface area contributed by atoms with E-state index in [2.05, 4.69) is 29.2 Å². The van der Waals surface area contributed by atoms with E-state index in [0.29, 0.717) is 5.75 Å². The van der Waals surface area contributed by atoms with Crippen molar-refractivity contribution in [2.24, 2.45) is 0 Å². The molecule has 5 heteroatoms. The van der Waals surface area contributed by atoms with Crippen molar-refractivity contribution in [3.8, 4) is 5.75 Å². The Kier molecular flexibility index (Phi) is 6.65. The van der Waals surface area contributed by atoms with Crippen LogP contribution in [0.4, 0.5) is 13.2 Å². The van der Waals surface area contributed by atoms with E-state index in [1.165, 1.54) is 11.6 Å². The molecule has 3 rings (SSSR count). The number of hydrogen-bond acceptors (Lipinski definition) is 2. The molecule has 2 aromatic carbocycles. The Morgan fingerprint density at radius 2 is 1.82 bits per heavy atom. The Morgan fingerprint density at radius 1 is 1.04 bits per heavy atom. The molecule has 28 heavy (non-hydrogen) atoms. The van der Waals surface area contributed by atoms with Crippen LogP contribution in [0.2, 0.25) is 0 Å². The fourth-order valence-corrected chi connectivity index (χ4v) is 3.91. The predicted octanol–water partition coefficient (Wildman–Crippen LogP) is 5.96. The van der Waals surface area contributed by atoms with Gasteiger partial charge < -0.3 is 4.74 Å². The lowest BCUT2D eigenvalue weighted by Gasteiger charge is -2.40. The topological polar surface area (TPSA) is 12.5 Å². The van der Waals surface area contributed by atoms with Gasteiger partial charge in [0.2, 0.25) is 0 Å². The Labute approximate surface area is 165 Å². The molecule has 0 radical (unpaired) electrons. The molecule has 0 bridgehead atoms. The van der Waals surface area contributed by atoms with Gasteiger partial charge in [-0.2, -0.15) is 13.2 Å². The summed E-state index contributed by atoms with van der Waals surface area (Å²) in [4.78, 5) is 2.38. The van der Waals surface area contributed by atoms with Gasteiger partial charge in [0.1, 0.15) is 11.4 Å². The number of hydrogen-bond donors (Lipinski definition) is 0. The second-order valence-electron chi connectivity index (χ2n) is 7.90. The number of halogens is 3. The summed E-state index contributed by atoms with van der Waals surface area (Å²) < 4.78 is 44.9. The molecule has 0 aliphatic carbocycles. The van der Waals surface area contributed by atoms with Crippen molar-refractivity contribution in [3.63, 3.8) is 0 Å². The first-order chi connectivity index (χ1) is 13.3. The molecular formula is C23H28F3NO. The fraction of sp³-hybridized carbons (Fsp3) is 0.478. The number of benzene rings is 2. The van der Waals surface area contributed by atoms with Gasteiger partial charge in [0.25, 0.3) is 0 Å². The normalized spacial score (nSPS) is 20.9. The smallest absolute Gasteiger partial charge is 0.416 e. The number of rotatable bonds is 7. The van der Waals surface area contributed by atoms with Gasteiger partial charge in [-0.15, -0.1) is 0 Å². The van der Waals surface area contributed by atoms with E-state index < -0.39 is 17.3 Å². The number of nitrogens with zero attached hydrogens (tertiary/aromatic N) is 1. The second-order valence-corrected chi connectivity index (χ2v) is 7.90. The molecule has 1 aliphatic heterocycles. The molecule has 1 unspecified atom stereocenters. The standard InChI is InChI=1S/C23H28F3NO/c1-22(28-21-13-7-12-20(17-21)23(24,25)26)14-8-16-27(18-22)15-6-5-11-19-9-3-2-4-10-19/h2-4,7,9-10,12-13,17H,5-6,8,11,14-16,18H2,1H3. The molecule has 0 N–H and O–H groups in total. The van der Waals surface area contributed by atoms with Crippen LogP contribution in [-0.2, 0) is 12.6 Å². The van der Waals surface area contributed by atoms with Crippen LogP contribution in [0.3, 0.4) is 0 Å². The molecular weight excluding hydrogens is 363 g/mol. The Morgan fingerprint density at radius 3 is 2.57 bits per heavy atom. The lowest BCUT2D eigenvalue weighted by atomic mass is 9.94. The van der Waals surface area contributed by atoms with Crippen LogP contribution in [0.15, 0.2) is 54.6 Å². The van der Waals surface area contributed by atoms with Crippen LogP contribution >= 0.6 is 0 Å². The number of likely N-dealkylation sites (tertiary alicyclic amines) is 1. The number of unbranched alkanes of at least 4 members (excludes halogenated alkanes) is 1. The van der Waals surface area contributed by atoms with Crippen LogP contribution in [0.25, 0.3) is 0 Å². The van der Waals surface area contributed by atoms with E-state index in [-0.39, 0.29) is 0 Å². The minimum atomic E-state index is -4.35. The van der Waals surface area contributed by atoms with E-state index in [0.717, 1.165) is 63.9 Å². The summed E-state index contributed by atoms with van der Waals surface area (Å²) >= 11 is 0. The predicted molar refractivity (Wildman–Crippen MR) is 106 cm³/mol. The van der Waals surface area contributed by atoms with Gasteiger partial charge in [0, 0.05) is 6.54 Å². The summed E-state index contributed by atoms with van der Waals surface area (Å²) in [6, 6.07) is 15.7. The number of aryl methyl sites for hydroxylation is 1. The summed E-state index contributed by atoms with van der Waals surface area (Å²) in [5.41, 5.74) is 0.239. The number of alkyl halides is 3. The highest BCUT2D eigenvalue weighted by molar-refractivity contribution is 5.31. The fourth-order valence-electron chi connectivity index (χ4n) is 3.91. The third-order valence-electron chi connectivity index (χ3n) is 5.30. The lowest BCUT2D eigenvalue weighted by molar-refractivity contribution is -0.137. The zero-order chi connectivity index (χ0) is 20.0. The van der Waals surface area contributed by atoms with Gasteiger partial charge in [0.05, 0.1) is 5.56 Å². The van der Waals surface area contributed by atoms with Crippen molar-refractivity contribution in [2.75, 3.05) is 19.6 Å². The highest BCUT2D eigenvalue weighted by Gasteiger charge is 2.34. The van der Waals surface area contributed by atoms with Crippen molar-refractivity contribution in [2.45, 2.75) is 50.8 Å². The summed E-state index contributed by atoms with van der Waals surface area (Å²) in [7, 11) is 0. The summed E-state index contributed by atoms with van der Waals surface area (Å²) in [6.07, 6.45) is 0.808. The molecule has 1 aliphatic rings. The molecule has 0 spiro atoms. The van der Waals surface area contributed by atoms with Gasteiger partial charge in [-0.25, -0.2) is 0 Å². The number of ether oxygens (including phenoxy) is 1. The van der Waals surface area contributed by atoms with E-state index in [1.54, 1.807) is 6.07 Å². The number of piperidine rings is 1. The highest BCUT2D eigenvalue weighted by atomic mass is 19.4. The molecule has 1 fully saturated rings. The summed E-state index contributed by atoms with van der Waals surface area (Å²) in [5.74, 6) is 0.295. The quantitative estimate of drug-likeness (QED) is 0.540. The minimum absolute atomic E-state index is 0.295. The Hall–Kier alpha value is -2.01. The van der Waals surface area contributed by atoms with Crippen LogP contribution < -0.4 is 4.74 Å². The average Bonchev–Trinajstić information content (AvgIpc) is 2.65. The maximum atomic E-state index is 12.9. The molecule has 152 valence electrons. The summed E-state index contributed by atoms with van der Waals surface area (Å²) in [5, 5.41) is 0. The van der Waals surface area contributed by atoms with Crippen molar-refractivity contribution < 1.29 is 17.9 Å². The molecule has 1 heterocycles. The first kappa shape index (κ1) is 20.7. The van der Waals surface area contributed by atoms with Gasteiger partial charge in [0.15, 0.2) is 0 Å². The van der Waals surface area contributed by atoms with E-state index in [9.17, 15) is 13.2 Å². The largest absolute Gasteiger partial charge is 0.486 e. The average molecular weight is 391 g/mol. The van der Waals surface area contributed by atoms with Crippen LogP contribution in [0.1, 0.15) is 43.7 Å². The monoisotopic (exact) mass is 391 g/mol. The van der Waals surface area contributed by atoms with E-state index in [4.69, 9.17) is 4.74 Å². The van der Waals surface area contributed by atoms with Gasteiger partial charge >= 0.3 is 6.18 Å². The van der Waals surface area contributed by atoms with Crippen molar-refractivity contribution in [3.05, 3.63) is 65.7 Å². The first-order valence-electron chi connectivity index (χ1n) is 9.97. The molecule has 0 amide bonds. The first-order valence-corrected chi connectivity index (χ1v) is 9.97.